The quantitative estimate of drug-likeness (QED) is 0.603. The molecule has 1 saturated heterocycles. The molecule has 1 aromatic carbocycles. The van der Waals surface area contributed by atoms with Crippen LogP contribution >= 0.6 is 11.3 Å². The molecule has 3 heterocycles. The molecule has 5 rings (SSSR count). The maximum Gasteiger partial charge on any atom is 0.272 e. The molecular formula is C24H26N4O4S. The van der Waals surface area contributed by atoms with Crippen molar-refractivity contribution in [2.24, 2.45) is 5.92 Å². The SMILES string of the molecule is COc1ccc(OC)c(-c2cc(C(=O)N3CCN(C(=O)[C@H]4C[C@@H]4c4cccs4)CC3)[nH]n2)c1. The Labute approximate surface area is 196 Å². The van der Waals surface area contributed by atoms with E-state index in [1.165, 1.54) is 4.88 Å². The normalized spacial score (nSPS) is 19.9. The second-order valence-corrected chi connectivity index (χ2v) is 9.29. The van der Waals surface area contributed by atoms with E-state index in [0.717, 1.165) is 12.0 Å². The van der Waals surface area contributed by atoms with Crippen molar-refractivity contribution in [1.82, 2.24) is 20.0 Å². The summed E-state index contributed by atoms with van der Waals surface area (Å²) in [4.78, 5) is 30.9. The number of carbonyl (C=O) groups excluding carboxylic acids is 2. The monoisotopic (exact) mass is 466 g/mol. The number of methoxy groups -OCH3 is 2. The van der Waals surface area contributed by atoms with Crippen LogP contribution < -0.4 is 9.47 Å². The number of hydrogen-bond donors (Lipinski definition) is 1. The van der Waals surface area contributed by atoms with E-state index < -0.39 is 0 Å². The topological polar surface area (TPSA) is 87.8 Å². The third kappa shape index (κ3) is 4.20. The molecule has 9 heteroatoms. The minimum Gasteiger partial charge on any atom is -0.497 e. The van der Waals surface area contributed by atoms with Crippen LogP contribution in [0.3, 0.4) is 0 Å². The van der Waals surface area contributed by atoms with Gasteiger partial charge in [-0.2, -0.15) is 5.10 Å². The second-order valence-electron chi connectivity index (χ2n) is 8.31. The van der Waals surface area contributed by atoms with Crippen molar-refractivity contribution in [3.8, 4) is 22.8 Å². The highest BCUT2D eigenvalue weighted by Gasteiger charge is 2.46. The van der Waals surface area contributed by atoms with E-state index in [1.807, 2.05) is 29.2 Å². The number of nitrogens with zero attached hydrogens (tertiary/aromatic N) is 3. The summed E-state index contributed by atoms with van der Waals surface area (Å²) < 4.78 is 10.7. The summed E-state index contributed by atoms with van der Waals surface area (Å²) in [5.41, 5.74) is 1.76. The first-order valence-corrected chi connectivity index (χ1v) is 11.9. The van der Waals surface area contributed by atoms with Crippen LogP contribution in [0.15, 0.2) is 41.8 Å². The molecule has 2 aromatic heterocycles. The summed E-state index contributed by atoms with van der Waals surface area (Å²) >= 11 is 1.72. The molecule has 172 valence electrons. The lowest BCUT2D eigenvalue weighted by molar-refractivity contribution is -0.134. The number of benzene rings is 1. The summed E-state index contributed by atoms with van der Waals surface area (Å²) in [5, 5.41) is 9.24. The van der Waals surface area contributed by atoms with Gasteiger partial charge in [0.25, 0.3) is 5.91 Å². The summed E-state index contributed by atoms with van der Waals surface area (Å²) in [6, 6.07) is 11.3. The molecule has 0 unspecified atom stereocenters. The molecule has 2 aliphatic rings. The van der Waals surface area contributed by atoms with Gasteiger partial charge in [-0.1, -0.05) is 6.07 Å². The number of ether oxygens (including phenoxy) is 2. The molecule has 8 nitrogen and oxygen atoms in total. The van der Waals surface area contributed by atoms with Gasteiger partial charge in [-0.15, -0.1) is 11.3 Å². The number of carbonyl (C=O) groups is 2. The molecular weight excluding hydrogens is 440 g/mol. The van der Waals surface area contributed by atoms with Gasteiger partial charge in [0.1, 0.15) is 17.2 Å². The summed E-state index contributed by atoms with van der Waals surface area (Å²) in [5.74, 6) is 1.89. The molecule has 2 fully saturated rings. The number of H-pyrrole nitrogens is 1. The van der Waals surface area contributed by atoms with Gasteiger partial charge in [-0.3, -0.25) is 14.7 Å². The van der Waals surface area contributed by atoms with Crippen molar-refractivity contribution in [2.45, 2.75) is 12.3 Å². The predicted molar refractivity (Wildman–Crippen MR) is 125 cm³/mol. The maximum atomic E-state index is 13.0. The van der Waals surface area contributed by atoms with Crippen LogP contribution in [-0.2, 0) is 4.79 Å². The highest BCUT2D eigenvalue weighted by atomic mass is 32.1. The third-order valence-electron chi connectivity index (χ3n) is 6.39. The largest absolute Gasteiger partial charge is 0.497 e. The number of nitrogens with one attached hydrogen (secondary N) is 1. The van der Waals surface area contributed by atoms with Crippen LogP contribution in [-0.4, -0.2) is 72.2 Å². The predicted octanol–water partition coefficient (Wildman–Crippen LogP) is 3.24. The van der Waals surface area contributed by atoms with E-state index in [9.17, 15) is 9.59 Å². The molecule has 1 saturated carbocycles. The zero-order valence-corrected chi connectivity index (χ0v) is 19.4. The molecule has 2 atom stereocenters. The lowest BCUT2D eigenvalue weighted by Crippen LogP contribution is -2.51. The van der Waals surface area contributed by atoms with Crippen molar-refractivity contribution in [3.63, 3.8) is 0 Å². The van der Waals surface area contributed by atoms with Gasteiger partial charge in [-0.25, -0.2) is 0 Å². The van der Waals surface area contributed by atoms with Crippen LogP contribution in [0, 0.1) is 5.92 Å². The van der Waals surface area contributed by atoms with E-state index >= 15 is 0 Å². The Morgan fingerprint density at radius 3 is 2.55 bits per heavy atom. The second kappa shape index (κ2) is 8.90. The number of piperazine rings is 1. The molecule has 0 spiro atoms. The zero-order valence-electron chi connectivity index (χ0n) is 18.6. The van der Waals surface area contributed by atoms with E-state index in [1.54, 1.807) is 36.5 Å². The van der Waals surface area contributed by atoms with Crippen LogP contribution in [0.2, 0.25) is 0 Å². The summed E-state index contributed by atoms with van der Waals surface area (Å²) in [6.45, 7) is 2.14. The first-order chi connectivity index (χ1) is 16.1. The average molecular weight is 467 g/mol. The van der Waals surface area contributed by atoms with Gasteiger partial charge >= 0.3 is 0 Å². The van der Waals surface area contributed by atoms with Crippen LogP contribution in [0.25, 0.3) is 11.3 Å². The highest BCUT2D eigenvalue weighted by molar-refractivity contribution is 7.10. The van der Waals surface area contributed by atoms with E-state index in [2.05, 4.69) is 21.6 Å². The van der Waals surface area contributed by atoms with Crippen molar-refractivity contribution in [2.75, 3.05) is 40.4 Å². The van der Waals surface area contributed by atoms with E-state index in [4.69, 9.17) is 9.47 Å². The lowest BCUT2D eigenvalue weighted by atomic mass is 10.1. The molecule has 33 heavy (non-hydrogen) atoms. The van der Waals surface area contributed by atoms with E-state index in [-0.39, 0.29) is 17.7 Å². The summed E-state index contributed by atoms with van der Waals surface area (Å²) in [7, 11) is 3.19. The van der Waals surface area contributed by atoms with Gasteiger partial charge in [-0.05, 0) is 42.1 Å². The fraction of sp³-hybridized carbons (Fsp3) is 0.375. The Bertz CT molecular complexity index is 1150. The molecule has 3 aromatic rings. The fourth-order valence-corrected chi connectivity index (χ4v) is 5.31. The van der Waals surface area contributed by atoms with E-state index in [0.29, 0.717) is 55.0 Å². The van der Waals surface area contributed by atoms with Crippen LogP contribution in [0.5, 0.6) is 11.5 Å². The van der Waals surface area contributed by atoms with Gasteiger partial charge in [0.05, 0.1) is 19.9 Å². The first kappa shape index (κ1) is 21.5. The lowest BCUT2D eigenvalue weighted by Gasteiger charge is -2.34. The van der Waals surface area contributed by atoms with Gasteiger partial charge in [0.2, 0.25) is 5.91 Å². The highest BCUT2D eigenvalue weighted by Crippen LogP contribution is 2.50. The Balaban J connectivity index is 1.21. The molecule has 1 aliphatic heterocycles. The Morgan fingerprint density at radius 1 is 1.06 bits per heavy atom. The van der Waals surface area contributed by atoms with Crippen LogP contribution in [0.4, 0.5) is 0 Å². The van der Waals surface area contributed by atoms with Crippen molar-refractivity contribution in [3.05, 3.63) is 52.3 Å². The Kier molecular flexibility index (Phi) is 5.80. The fourth-order valence-electron chi connectivity index (χ4n) is 4.40. The molecule has 0 bridgehead atoms. The van der Waals surface area contributed by atoms with Crippen molar-refractivity contribution >= 4 is 23.2 Å². The van der Waals surface area contributed by atoms with Crippen LogP contribution in [0.1, 0.15) is 27.7 Å². The van der Waals surface area contributed by atoms with Gasteiger partial charge in [0.15, 0.2) is 0 Å². The minimum atomic E-state index is -0.120. The number of rotatable bonds is 6. The molecule has 2 amide bonds. The van der Waals surface area contributed by atoms with Crippen molar-refractivity contribution in [1.29, 1.82) is 0 Å². The number of hydrogen-bond acceptors (Lipinski definition) is 6. The third-order valence-corrected chi connectivity index (χ3v) is 7.39. The molecule has 1 N–H and O–H groups in total. The Morgan fingerprint density at radius 2 is 1.85 bits per heavy atom. The zero-order chi connectivity index (χ0) is 22.9. The van der Waals surface area contributed by atoms with Gasteiger partial charge in [0, 0.05) is 48.5 Å². The van der Waals surface area contributed by atoms with Crippen molar-refractivity contribution < 1.29 is 19.1 Å². The Hall–Kier alpha value is -3.33. The smallest absolute Gasteiger partial charge is 0.272 e. The standard InChI is InChI=1S/C24H26N4O4S/c1-31-15-5-6-21(32-2)18(12-15)19-14-20(26-25-19)24(30)28-9-7-27(8-10-28)23(29)17-13-16(17)22-4-3-11-33-22/h3-6,11-12,14,16-17H,7-10,13H2,1-2H3,(H,25,26)/t16-,17-/m0/s1. The number of aromatic amines is 1. The van der Waals surface area contributed by atoms with Gasteiger partial charge < -0.3 is 19.3 Å². The summed E-state index contributed by atoms with van der Waals surface area (Å²) in [6.07, 6.45) is 0.934. The number of amides is 2. The minimum absolute atomic E-state index is 0.0962. The maximum absolute atomic E-state index is 13.0. The molecule has 1 aliphatic carbocycles. The number of aromatic nitrogens is 2. The first-order valence-electron chi connectivity index (χ1n) is 11.0. The number of thiophene rings is 1. The molecule has 0 radical (unpaired) electrons. The average Bonchev–Trinajstić information content (AvgIpc) is 3.25.